The lowest BCUT2D eigenvalue weighted by Gasteiger charge is -2.25. The molecule has 0 unspecified atom stereocenters. The fourth-order valence-electron chi connectivity index (χ4n) is 1.99. The normalized spacial score (nSPS) is 14.5. The van der Waals surface area contributed by atoms with Crippen LogP contribution in [0.4, 0.5) is 4.79 Å². The van der Waals surface area contributed by atoms with Gasteiger partial charge < -0.3 is 15.7 Å². The average Bonchev–Trinajstić information content (AvgIpc) is 2.35. The summed E-state index contributed by atoms with van der Waals surface area (Å²) in [6.45, 7) is 1.05. The van der Waals surface area contributed by atoms with Crippen LogP contribution in [0.15, 0.2) is 24.3 Å². The number of hydrogen-bond acceptors (Lipinski definition) is 2. The summed E-state index contributed by atoms with van der Waals surface area (Å²) in [5.41, 5.74) is 1.01. The Morgan fingerprint density at radius 2 is 2.05 bits per heavy atom. The fourth-order valence-corrected chi connectivity index (χ4v) is 1.99. The highest BCUT2D eigenvalue weighted by atomic mass is 16.4. The van der Waals surface area contributed by atoms with E-state index < -0.39 is 5.97 Å². The zero-order chi connectivity index (χ0) is 13.7. The van der Waals surface area contributed by atoms with E-state index in [0.29, 0.717) is 12.5 Å². The summed E-state index contributed by atoms with van der Waals surface area (Å²) in [7, 11) is 0. The van der Waals surface area contributed by atoms with Gasteiger partial charge in [0.1, 0.15) is 0 Å². The molecule has 2 rings (SSSR count). The minimum Gasteiger partial charge on any atom is -0.478 e. The van der Waals surface area contributed by atoms with Crippen molar-refractivity contribution in [3.05, 3.63) is 35.4 Å². The van der Waals surface area contributed by atoms with Crippen molar-refractivity contribution < 1.29 is 14.7 Å². The zero-order valence-electron chi connectivity index (χ0n) is 10.7. The Bertz CT molecular complexity index is 470. The fraction of sp³-hybridized carbons (Fsp3) is 0.429. The molecule has 2 amide bonds. The van der Waals surface area contributed by atoms with Gasteiger partial charge in [-0.1, -0.05) is 18.6 Å². The molecule has 0 spiro atoms. The van der Waals surface area contributed by atoms with Gasteiger partial charge in [0.05, 0.1) is 5.56 Å². The van der Waals surface area contributed by atoms with Crippen LogP contribution in [0.1, 0.15) is 35.2 Å². The van der Waals surface area contributed by atoms with E-state index in [1.54, 1.807) is 18.2 Å². The molecule has 5 heteroatoms. The molecule has 0 bridgehead atoms. The van der Waals surface area contributed by atoms with Gasteiger partial charge >= 0.3 is 12.0 Å². The molecule has 0 aromatic heterocycles. The first kappa shape index (κ1) is 13.4. The van der Waals surface area contributed by atoms with E-state index in [9.17, 15) is 9.59 Å². The summed E-state index contributed by atoms with van der Waals surface area (Å²) in [4.78, 5) is 22.3. The zero-order valence-corrected chi connectivity index (χ0v) is 10.7. The maximum atomic E-state index is 11.5. The third-order valence-corrected chi connectivity index (χ3v) is 3.40. The predicted octanol–water partition coefficient (Wildman–Crippen LogP) is 1.98. The molecule has 1 aliphatic rings. The van der Waals surface area contributed by atoms with E-state index in [1.807, 2.05) is 0 Å². The van der Waals surface area contributed by atoms with Gasteiger partial charge in [-0.15, -0.1) is 0 Å². The molecule has 1 aromatic carbocycles. The van der Waals surface area contributed by atoms with E-state index in [-0.39, 0.29) is 11.6 Å². The number of carboxylic acids is 1. The van der Waals surface area contributed by atoms with Gasteiger partial charge in [0.15, 0.2) is 0 Å². The van der Waals surface area contributed by atoms with Crippen molar-refractivity contribution >= 4 is 12.0 Å². The van der Waals surface area contributed by atoms with Gasteiger partial charge in [-0.05, 0) is 36.5 Å². The van der Waals surface area contributed by atoms with Gasteiger partial charge in [0.2, 0.25) is 0 Å². The van der Waals surface area contributed by atoms with Crippen LogP contribution < -0.4 is 10.6 Å². The second-order valence-electron chi connectivity index (χ2n) is 4.87. The maximum Gasteiger partial charge on any atom is 0.335 e. The number of urea groups is 1. The summed E-state index contributed by atoms with van der Waals surface area (Å²) < 4.78 is 0. The number of carbonyl (C=O) groups is 2. The lowest BCUT2D eigenvalue weighted by molar-refractivity contribution is 0.0696. The lowest BCUT2D eigenvalue weighted by Crippen LogP contribution is -2.39. The molecule has 1 fully saturated rings. The Hall–Kier alpha value is -2.04. The van der Waals surface area contributed by atoms with Crippen molar-refractivity contribution in [1.82, 2.24) is 10.6 Å². The Labute approximate surface area is 112 Å². The molecule has 0 radical (unpaired) electrons. The Morgan fingerprint density at radius 1 is 1.26 bits per heavy atom. The van der Waals surface area contributed by atoms with Crippen molar-refractivity contribution in [3.63, 3.8) is 0 Å². The molecule has 0 saturated heterocycles. The quantitative estimate of drug-likeness (QED) is 0.759. The smallest absolute Gasteiger partial charge is 0.335 e. The Morgan fingerprint density at radius 3 is 2.68 bits per heavy atom. The minimum atomic E-state index is -0.962. The van der Waals surface area contributed by atoms with E-state index in [0.717, 1.165) is 12.1 Å². The number of aromatic carboxylic acids is 1. The molecule has 1 aromatic rings. The van der Waals surface area contributed by atoms with E-state index in [1.165, 1.54) is 25.3 Å². The number of hydrogen-bond donors (Lipinski definition) is 3. The van der Waals surface area contributed by atoms with Gasteiger partial charge in [0, 0.05) is 13.1 Å². The van der Waals surface area contributed by atoms with Crippen LogP contribution in [0.3, 0.4) is 0 Å². The van der Waals surface area contributed by atoms with Crippen molar-refractivity contribution in [1.29, 1.82) is 0 Å². The van der Waals surface area contributed by atoms with E-state index >= 15 is 0 Å². The van der Waals surface area contributed by atoms with Gasteiger partial charge in [-0.25, -0.2) is 9.59 Å². The second-order valence-corrected chi connectivity index (χ2v) is 4.87. The van der Waals surface area contributed by atoms with Crippen LogP contribution in [0.5, 0.6) is 0 Å². The standard InChI is InChI=1S/C14H18N2O3/c17-13(18)12-6-2-5-11(7-12)9-16-14(19)15-8-10-3-1-4-10/h2,5-7,10H,1,3-4,8-9H2,(H,17,18)(H2,15,16,19). The second kappa shape index (κ2) is 6.22. The molecule has 1 aliphatic carbocycles. The molecule has 0 atom stereocenters. The number of amides is 2. The summed E-state index contributed by atoms with van der Waals surface area (Å²) in [6, 6.07) is 6.36. The number of benzene rings is 1. The number of carbonyl (C=O) groups excluding carboxylic acids is 1. The third kappa shape index (κ3) is 3.98. The Balaban J connectivity index is 1.75. The van der Waals surface area contributed by atoms with Crippen LogP contribution in [0.25, 0.3) is 0 Å². The lowest BCUT2D eigenvalue weighted by atomic mass is 9.85. The minimum absolute atomic E-state index is 0.201. The van der Waals surface area contributed by atoms with Crippen LogP contribution >= 0.6 is 0 Å². The topological polar surface area (TPSA) is 78.4 Å². The molecule has 3 N–H and O–H groups in total. The van der Waals surface area contributed by atoms with E-state index in [2.05, 4.69) is 10.6 Å². The van der Waals surface area contributed by atoms with Crippen molar-refractivity contribution in [2.24, 2.45) is 5.92 Å². The molecular weight excluding hydrogens is 244 g/mol. The largest absolute Gasteiger partial charge is 0.478 e. The molecule has 102 valence electrons. The van der Waals surface area contributed by atoms with Crippen LogP contribution in [0, 0.1) is 5.92 Å². The van der Waals surface area contributed by atoms with Crippen molar-refractivity contribution in [3.8, 4) is 0 Å². The molecule has 5 nitrogen and oxygen atoms in total. The summed E-state index contributed by atoms with van der Waals surface area (Å²) in [6.07, 6.45) is 3.65. The summed E-state index contributed by atoms with van der Waals surface area (Å²) in [5.74, 6) is -0.336. The van der Waals surface area contributed by atoms with Gasteiger partial charge in [-0.2, -0.15) is 0 Å². The first-order valence-corrected chi connectivity index (χ1v) is 6.49. The van der Waals surface area contributed by atoms with Crippen LogP contribution in [-0.4, -0.2) is 23.7 Å². The summed E-state index contributed by atoms with van der Waals surface area (Å²) >= 11 is 0. The van der Waals surface area contributed by atoms with Crippen LogP contribution in [-0.2, 0) is 6.54 Å². The number of rotatable bonds is 5. The number of nitrogens with one attached hydrogen (secondary N) is 2. The average molecular weight is 262 g/mol. The molecule has 0 aliphatic heterocycles. The maximum absolute atomic E-state index is 11.5. The monoisotopic (exact) mass is 262 g/mol. The highest BCUT2D eigenvalue weighted by Gasteiger charge is 2.17. The first-order chi connectivity index (χ1) is 9.15. The van der Waals surface area contributed by atoms with Crippen LogP contribution in [0.2, 0.25) is 0 Å². The van der Waals surface area contributed by atoms with Crippen molar-refractivity contribution in [2.45, 2.75) is 25.8 Å². The summed E-state index contributed by atoms with van der Waals surface area (Å²) in [5, 5.41) is 14.4. The number of carboxylic acid groups (broad SMARTS) is 1. The van der Waals surface area contributed by atoms with Gasteiger partial charge in [0.25, 0.3) is 0 Å². The van der Waals surface area contributed by atoms with Crippen molar-refractivity contribution in [2.75, 3.05) is 6.54 Å². The van der Waals surface area contributed by atoms with E-state index in [4.69, 9.17) is 5.11 Å². The molecule has 19 heavy (non-hydrogen) atoms. The first-order valence-electron chi connectivity index (χ1n) is 6.49. The predicted molar refractivity (Wildman–Crippen MR) is 71.0 cm³/mol. The SMILES string of the molecule is O=C(NCc1cccc(C(=O)O)c1)NCC1CCC1. The molecule has 0 heterocycles. The Kier molecular flexibility index (Phi) is 4.39. The molecule has 1 saturated carbocycles. The highest BCUT2D eigenvalue weighted by molar-refractivity contribution is 5.87. The molecular formula is C14H18N2O3. The van der Waals surface area contributed by atoms with Gasteiger partial charge in [-0.3, -0.25) is 0 Å². The highest BCUT2D eigenvalue weighted by Crippen LogP contribution is 2.24. The third-order valence-electron chi connectivity index (χ3n) is 3.40.